The van der Waals surface area contributed by atoms with Crippen LogP contribution in [-0.4, -0.2) is 49.7 Å². The monoisotopic (exact) mass is 501 g/mol. The van der Waals surface area contributed by atoms with Gasteiger partial charge in [0.05, 0.1) is 11.4 Å². The molecule has 3 aliphatic heterocycles. The molecule has 35 heavy (non-hydrogen) atoms. The first-order valence-corrected chi connectivity index (χ1v) is 13.5. The van der Waals surface area contributed by atoms with Gasteiger partial charge < -0.3 is 18.9 Å². The van der Waals surface area contributed by atoms with Gasteiger partial charge >= 0.3 is 6.09 Å². The maximum absolute atomic E-state index is 15.0. The van der Waals surface area contributed by atoms with Crippen molar-refractivity contribution >= 4 is 17.9 Å². The van der Waals surface area contributed by atoms with Crippen LogP contribution in [0.1, 0.15) is 77.7 Å². The number of thioether (sulfide) groups is 1. The second-order valence-corrected chi connectivity index (χ2v) is 13.5. The zero-order valence-corrected chi connectivity index (χ0v) is 22.4. The Hall–Kier alpha value is -2.22. The topological polar surface area (TPSA) is 56.6 Å². The van der Waals surface area contributed by atoms with Crippen LogP contribution in [-0.2, 0) is 17.4 Å². The molecule has 0 saturated carbocycles. The predicted molar refractivity (Wildman–Crippen MR) is 136 cm³/mol. The van der Waals surface area contributed by atoms with E-state index in [1.807, 2.05) is 38.6 Å². The number of likely N-dealkylation sites (tertiary alicyclic amines) is 1. The molecular formula is C27H36FN3O3S. The maximum Gasteiger partial charge on any atom is 0.410 e. The Morgan fingerprint density at radius 1 is 1.26 bits per heavy atom. The van der Waals surface area contributed by atoms with E-state index in [0.717, 1.165) is 35.8 Å². The molecule has 6 nitrogen and oxygen atoms in total. The first-order chi connectivity index (χ1) is 16.4. The Bertz CT molecular complexity index is 1150. The summed E-state index contributed by atoms with van der Waals surface area (Å²) >= 11 is 2.02. The lowest BCUT2D eigenvalue weighted by Crippen LogP contribution is -2.50. The van der Waals surface area contributed by atoms with Crippen LogP contribution in [0, 0.1) is 5.82 Å². The number of hydrogen-bond donors (Lipinski definition) is 0. The van der Waals surface area contributed by atoms with Crippen molar-refractivity contribution in [3.05, 3.63) is 35.5 Å². The molecule has 1 unspecified atom stereocenters. The summed E-state index contributed by atoms with van der Waals surface area (Å²) < 4.78 is 29.6. The van der Waals surface area contributed by atoms with Crippen molar-refractivity contribution in [1.29, 1.82) is 0 Å². The van der Waals surface area contributed by atoms with E-state index in [-0.39, 0.29) is 22.4 Å². The van der Waals surface area contributed by atoms with Gasteiger partial charge in [-0.05, 0) is 51.5 Å². The smallest absolute Gasteiger partial charge is 0.410 e. The van der Waals surface area contributed by atoms with Gasteiger partial charge in [0.25, 0.3) is 0 Å². The van der Waals surface area contributed by atoms with Gasteiger partial charge in [-0.25, -0.2) is 14.2 Å². The van der Waals surface area contributed by atoms with Crippen molar-refractivity contribution in [3.8, 4) is 17.0 Å². The molecule has 2 fully saturated rings. The van der Waals surface area contributed by atoms with E-state index in [1.165, 1.54) is 6.07 Å². The summed E-state index contributed by atoms with van der Waals surface area (Å²) in [6.45, 7) is 11.2. The van der Waals surface area contributed by atoms with Crippen molar-refractivity contribution in [2.24, 2.45) is 7.05 Å². The van der Waals surface area contributed by atoms with Gasteiger partial charge in [0.1, 0.15) is 11.4 Å². The van der Waals surface area contributed by atoms with E-state index >= 15 is 4.39 Å². The zero-order valence-electron chi connectivity index (χ0n) is 21.6. The van der Waals surface area contributed by atoms with Crippen LogP contribution in [0.2, 0.25) is 0 Å². The average Bonchev–Trinajstić information content (AvgIpc) is 3.12. The molecule has 0 bridgehead atoms. The van der Waals surface area contributed by atoms with E-state index in [0.29, 0.717) is 37.4 Å². The molecule has 3 aliphatic rings. The number of ether oxygens (including phenoxy) is 2. The second kappa shape index (κ2) is 8.43. The van der Waals surface area contributed by atoms with Gasteiger partial charge in [0.2, 0.25) is 0 Å². The van der Waals surface area contributed by atoms with Crippen LogP contribution >= 0.6 is 11.8 Å². The number of carbonyl (C=O) groups is 1. The predicted octanol–water partition coefficient (Wildman–Crippen LogP) is 6.23. The summed E-state index contributed by atoms with van der Waals surface area (Å²) in [4.78, 5) is 19.6. The minimum absolute atomic E-state index is 0.201. The van der Waals surface area contributed by atoms with Crippen molar-refractivity contribution in [3.63, 3.8) is 0 Å². The van der Waals surface area contributed by atoms with Crippen LogP contribution < -0.4 is 4.74 Å². The number of aromatic nitrogens is 2. The maximum atomic E-state index is 15.0. The number of nitrogens with zero attached hydrogens (tertiary/aromatic N) is 3. The third-order valence-electron chi connectivity index (χ3n) is 7.37. The first-order valence-electron chi connectivity index (χ1n) is 12.6. The molecule has 190 valence electrons. The molecule has 1 atom stereocenters. The van der Waals surface area contributed by atoms with Crippen molar-refractivity contribution in [2.45, 2.75) is 82.2 Å². The number of fused-ring (bicyclic) bond motifs is 4. The lowest BCUT2D eigenvalue weighted by molar-refractivity contribution is -0.0268. The third-order valence-corrected chi connectivity index (χ3v) is 8.75. The average molecular weight is 502 g/mol. The summed E-state index contributed by atoms with van der Waals surface area (Å²) in [5, 5.41) is 0. The fourth-order valence-corrected chi connectivity index (χ4v) is 7.08. The molecule has 1 amide bonds. The molecule has 2 saturated heterocycles. The second-order valence-electron chi connectivity index (χ2n) is 11.7. The number of benzene rings is 1. The van der Waals surface area contributed by atoms with E-state index in [2.05, 4.69) is 25.5 Å². The summed E-state index contributed by atoms with van der Waals surface area (Å²) in [5.41, 5.74) is 1.26. The minimum Gasteiger partial charge on any atom is -0.477 e. The number of halogens is 1. The van der Waals surface area contributed by atoms with Gasteiger partial charge in [0.15, 0.2) is 17.2 Å². The number of para-hydroxylation sites is 1. The van der Waals surface area contributed by atoms with Crippen molar-refractivity contribution < 1.29 is 18.7 Å². The number of rotatable bonds is 1. The molecule has 0 aliphatic carbocycles. The Labute approximate surface area is 211 Å². The van der Waals surface area contributed by atoms with E-state index < -0.39 is 11.2 Å². The SMILES string of the molecule is Cn1c(C2CCSC(C)(C)C2)nc2c1C1(CCN(C(=O)OC(C)(C)C)CC1)Oc1c(F)cccc1-2. The van der Waals surface area contributed by atoms with Gasteiger partial charge in [-0.2, -0.15) is 11.8 Å². The lowest BCUT2D eigenvalue weighted by atomic mass is 9.83. The lowest BCUT2D eigenvalue weighted by Gasteiger charge is -2.44. The quantitative estimate of drug-likeness (QED) is 0.463. The van der Waals surface area contributed by atoms with Crippen molar-refractivity contribution in [2.75, 3.05) is 18.8 Å². The summed E-state index contributed by atoms with van der Waals surface area (Å²) in [7, 11) is 2.07. The number of hydrogen-bond acceptors (Lipinski definition) is 5. The highest BCUT2D eigenvalue weighted by atomic mass is 32.2. The van der Waals surface area contributed by atoms with Crippen LogP contribution in [0.5, 0.6) is 5.75 Å². The molecule has 0 N–H and O–H groups in total. The molecule has 2 aromatic rings. The fraction of sp³-hybridized carbons (Fsp3) is 0.630. The number of piperidine rings is 1. The fourth-order valence-electron chi connectivity index (χ4n) is 5.80. The summed E-state index contributed by atoms with van der Waals surface area (Å²) in [6, 6.07) is 5.06. The Morgan fingerprint density at radius 3 is 2.63 bits per heavy atom. The third kappa shape index (κ3) is 4.43. The van der Waals surface area contributed by atoms with Crippen LogP contribution in [0.3, 0.4) is 0 Å². The normalized spacial score (nSPS) is 22.8. The summed E-state index contributed by atoms with van der Waals surface area (Å²) in [6.07, 6.45) is 2.92. The van der Waals surface area contributed by atoms with Gasteiger partial charge in [0, 0.05) is 49.2 Å². The molecule has 0 radical (unpaired) electrons. The highest BCUT2D eigenvalue weighted by Crippen LogP contribution is 2.52. The Balaban J connectivity index is 1.53. The largest absolute Gasteiger partial charge is 0.477 e. The molecular weight excluding hydrogens is 465 g/mol. The highest BCUT2D eigenvalue weighted by Gasteiger charge is 2.49. The molecule has 8 heteroatoms. The highest BCUT2D eigenvalue weighted by molar-refractivity contribution is 8.00. The minimum atomic E-state index is -0.734. The van der Waals surface area contributed by atoms with E-state index in [1.54, 1.807) is 11.0 Å². The number of amides is 1. The van der Waals surface area contributed by atoms with Crippen LogP contribution in [0.4, 0.5) is 9.18 Å². The number of imidazole rings is 1. The van der Waals surface area contributed by atoms with E-state index in [9.17, 15) is 4.79 Å². The molecule has 1 spiro atoms. The van der Waals surface area contributed by atoms with E-state index in [4.69, 9.17) is 14.5 Å². The molecule has 1 aromatic heterocycles. The van der Waals surface area contributed by atoms with Crippen LogP contribution in [0.25, 0.3) is 11.3 Å². The van der Waals surface area contributed by atoms with Crippen LogP contribution in [0.15, 0.2) is 18.2 Å². The van der Waals surface area contributed by atoms with Gasteiger partial charge in [-0.3, -0.25) is 0 Å². The first kappa shape index (κ1) is 24.5. The Kier molecular flexibility index (Phi) is 5.89. The van der Waals surface area contributed by atoms with Gasteiger partial charge in [-0.1, -0.05) is 19.9 Å². The summed E-state index contributed by atoms with van der Waals surface area (Å²) in [5.74, 6) is 2.41. The number of carbonyl (C=O) groups excluding carboxylic acids is 1. The Morgan fingerprint density at radius 2 is 1.97 bits per heavy atom. The standard InChI is InChI=1S/C27H36FN3O3S/c1-25(2,3)34-24(32)31-13-11-27(12-14-31)22-20(18-8-7-9-19(28)21(18)33-27)29-23(30(22)6)17-10-15-35-26(4,5)16-17/h7-9,17H,10-16H2,1-6H3. The molecule has 1 aromatic carbocycles. The van der Waals surface area contributed by atoms with Crippen molar-refractivity contribution in [1.82, 2.24) is 14.5 Å². The van der Waals surface area contributed by atoms with Gasteiger partial charge in [-0.15, -0.1) is 0 Å². The molecule has 4 heterocycles. The molecule has 5 rings (SSSR count). The zero-order chi connectivity index (χ0) is 25.2.